The molecule has 0 spiro atoms. The Bertz CT molecular complexity index is 769. The molecule has 0 aromatic rings. The van der Waals surface area contributed by atoms with Crippen molar-refractivity contribution in [1.29, 1.82) is 0 Å². The summed E-state index contributed by atoms with van der Waals surface area (Å²) in [5.41, 5.74) is 4.06. The second-order valence-corrected chi connectivity index (χ2v) is 11.5. The van der Waals surface area contributed by atoms with E-state index in [0.717, 1.165) is 30.3 Å². The Labute approximate surface area is 184 Å². The molecule has 7 unspecified atom stereocenters. The van der Waals surface area contributed by atoms with Crippen molar-refractivity contribution < 1.29 is 4.39 Å². The van der Waals surface area contributed by atoms with Gasteiger partial charge in [-0.15, -0.1) is 0 Å². The number of allylic oxidation sites excluding steroid dienone is 5. The first-order valence-corrected chi connectivity index (χ1v) is 12.6. The Morgan fingerprint density at radius 1 is 1.17 bits per heavy atom. The minimum atomic E-state index is -1.09. The molecule has 1 heteroatoms. The monoisotopic (exact) mass is 410 g/mol. The zero-order valence-electron chi connectivity index (χ0n) is 19.9. The topological polar surface area (TPSA) is 0 Å². The highest BCUT2D eigenvalue weighted by Gasteiger charge is 2.58. The number of alkyl halides is 1. The molecular weight excluding hydrogens is 367 g/mol. The molecule has 166 valence electrons. The summed E-state index contributed by atoms with van der Waals surface area (Å²) in [4.78, 5) is 0. The lowest BCUT2D eigenvalue weighted by atomic mass is 9.45. The molecule has 0 nitrogen and oxygen atoms in total. The smallest absolute Gasteiger partial charge is 0.136 e. The van der Waals surface area contributed by atoms with Crippen LogP contribution >= 0.6 is 0 Å². The zero-order valence-corrected chi connectivity index (χ0v) is 19.9. The summed E-state index contributed by atoms with van der Waals surface area (Å²) < 4.78 is 16.2. The number of halogens is 1. The fourth-order valence-electron chi connectivity index (χ4n) is 8.82. The first-order chi connectivity index (χ1) is 14.2. The molecule has 0 aromatic carbocycles. The van der Waals surface area contributed by atoms with Gasteiger partial charge in [-0.25, -0.2) is 4.39 Å². The lowest BCUT2D eigenvalue weighted by Crippen LogP contribution is -2.52. The van der Waals surface area contributed by atoms with Gasteiger partial charge in [-0.1, -0.05) is 65.5 Å². The van der Waals surface area contributed by atoms with Crippen molar-refractivity contribution in [2.75, 3.05) is 0 Å². The van der Waals surface area contributed by atoms with Gasteiger partial charge in [-0.05, 0) is 103 Å². The highest BCUT2D eigenvalue weighted by atomic mass is 19.1. The van der Waals surface area contributed by atoms with Crippen molar-refractivity contribution in [1.82, 2.24) is 0 Å². The summed E-state index contributed by atoms with van der Waals surface area (Å²) in [5, 5.41) is 0. The second kappa shape index (κ2) is 7.79. The third-order valence-corrected chi connectivity index (χ3v) is 9.77. The highest BCUT2D eigenvalue weighted by molar-refractivity contribution is 5.50. The summed E-state index contributed by atoms with van der Waals surface area (Å²) in [6.45, 7) is 22.1. The molecule has 4 aliphatic carbocycles. The molecule has 30 heavy (non-hydrogen) atoms. The number of hydrogen-bond acceptors (Lipinski definition) is 0. The third-order valence-electron chi connectivity index (χ3n) is 9.77. The van der Waals surface area contributed by atoms with E-state index in [9.17, 15) is 0 Å². The van der Waals surface area contributed by atoms with Gasteiger partial charge >= 0.3 is 0 Å². The van der Waals surface area contributed by atoms with Crippen LogP contribution in [0.5, 0.6) is 0 Å². The number of rotatable bonds is 5. The SMILES string of the molecule is C=CC(=C)C1CCC2C3CCC4(F)CC(=C)C(C(C)C)=C4C3CCC2C1(C)CCC. The Hall–Kier alpha value is -1.11. The lowest BCUT2D eigenvalue weighted by Gasteiger charge is -2.59. The van der Waals surface area contributed by atoms with Gasteiger partial charge in [-0.2, -0.15) is 0 Å². The molecule has 0 saturated heterocycles. The van der Waals surface area contributed by atoms with Crippen LogP contribution in [0.1, 0.15) is 85.5 Å². The number of fused-ring (bicyclic) bond motifs is 5. The van der Waals surface area contributed by atoms with Crippen molar-refractivity contribution in [3.63, 3.8) is 0 Å². The van der Waals surface area contributed by atoms with Crippen LogP contribution in [-0.2, 0) is 0 Å². The van der Waals surface area contributed by atoms with E-state index in [-0.39, 0.29) is 0 Å². The Kier molecular flexibility index (Phi) is 5.74. The Morgan fingerprint density at radius 3 is 2.53 bits per heavy atom. The van der Waals surface area contributed by atoms with Crippen molar-refractivity contribution in [3.8, 4) is 0 Å². The first kappa shape index (κ1) is 22.1. The van der Waals surface area contributed by atoms with E-state index in [4.69, 9.17) is 0 Å². The standard InChI is InChI=1S/C29H43F/c1-8-15-28(7)24(19(5)9-2)12-10-22-21-14-16-29(30)17-20(6)26(18(3)4)27(29)23(21)11-13-25(22)28/h9,18,21-25H,2,5-6,8,10-17H2,1,3-4,7H3. The fourth-order valence-corrected chi connectivity index (χ4v) is 8.82. The molecular formula is C29H43F. The third kappa shape index (κ3) is 3.13. The second-order valence-electron chi connectivity index (χ2n) is 11.5. The maximum absolute atomic E-state index is 16.2. The molecule has 0 aliphatic heterocycles. The Balaban J connectivity index is 1.70. The van der Waals surface area contributed by atoms with E-state index in [1.54, 1.807) is 0 Å². The summed E-state index contributed by atoms with van der Waals surface area (Å²) in [6, 6.07) is 0. The van der Waals surface area contributed by atoms with Crippen LogP contribution in [0, 0.1) is 40.9 Å². The van der Waals surface area contributed by atoms with E-state index in [2.05, 4.69) is 47.4 Å². The van der Waals surface area contributed by atoms with Gasteiger partial charge in [0, 0.05) is 6.42 Å². The fraction of sp³-hybridized carbons (Fsp3) is 0.724. The average Bonchev–Trinajstić information content (AvgIpc) is 2.97. The summed E-state index contributed by atoms with van der Waals surface area (Å²) >= 11 is 0. The molecule has 4 aliphatic rings. The van der Waals surface area contributed by atoms with Crippen LogP contribution in [0.2, 0.25) is 0 Å². The number of hydrogen-bond donors (Lipinski definition) is 0. The molecule has 0 bridgehead atoms. The minimum absolute atomic E-state index is 0.312. The molecule has 7 atom stereocenters. The van der Waals surface area contributed by atoms with E-state index >= 15 is 4.39 Å². The van der Waals surface area contributed by atoms with E-state index in [1.807, 2.05) is 6.08 Å². The normalized spacial score (nSPS) is 43.3. The van der Waals surface area contributed by atoms with Gasteiger partial charge in [0.05, 0.1) is 0 Å². The van der Waals surface area contributed by atoms with Gasteiger partial charge < -0.3 is 0 Å². The lowest BCUT2D eigenvalue weighted by molar-refractivity contribution is -0.0746. The minimum Gasteiger partial charge on any atom is -0.239 e. The maximum atomic E-state index is 16.2. The predicted octanol–water partition coefficient (Wildman–Crippen LogP) is 8.62. The quantitative estimate of drug-likeness (QED) is 0.398. The van der Waals surface area contributed by atoms with Crippen molar-refractivity contribution in [2.24, 2.45) is 40.9 Å². The van der Waals surface area contributed by atoms with Gasteiger partial charge in [0.25, 0.3) is 0 Å². The molecule has 0 radical (unpaired) electrons. The summed E-state index contributed by atoms with van der Waals surface area (Å²) in [7, 11) is 0. The Morgan fingerprint density at radius 2 is 1.90 bits per heavy atom. The van der Waals surface area contributed by atoms with Crippen LogP contribution in [0.4, 0.5) is 4.39 Å². The van der Waals surface area contributed by atoms with Crippen LogP contribution in [0.15, 0.2) is 48.1 Å². The van der Waals surface area contributed by atoms with Crippen LogP contribution in [0.25, 0.3) is 0 Å². The average molecular weight is 411 g/mol. The van der Waals surface area contributed by atoms with Crippen molar-refractivity contribution >= 4 is 0 Å². The van der Waals surface area contributed by atoms with Crippen LogP contribution < -0.4 is 0 Å². The molecule has 3 fully saturated rings. The molecule has 4 rings (SSSR count). The molecule has 0 aromatic heterocycles. The summed E-state index contributed by atoms with van der Waals surface area (Å²) in [5.74, 6) is 3.55. The van der Waals surface area contributed by atoms with E-state index < -0.39 is 5.67 Å². The first-order valence-electron chi connectivity index (χ1n) is 12.6. The molecule has 0 heterocycles. The molecule has 0 amide bonds. The van der Waals surface area contributed by atoms with E-state index in [0.29, 0.717) is 35.5 Å². The predicted molar refractivity (Wildman–Crippen MR) is 127 cm³/mol. The van der Waals surface area contributed by atoms with Gasteiger partial charge in [0.2, 0.25) is 0 Å². The highest BCUT2D eigenvalue weighted by Crippen LogP contribution is 2.65. The van der Waals surface area contributed by atoms with Gasteiger partial charge in [0.1, 0.15) is 5.67 Å². The molecule has 3 saturated carbocycles. The van der Waals surface area contributed by atoms with Crippen molar-refractivity contribution in [3.05, 3.63) is 48.1 Å². The molecule has 0 N–H and O–H groups in total. The van der Waals surface area contributed by atoms with Gasteiger partial charge in [0.15, 0.2) is 0 Å². The van der Waals surface area contributed by atoms with Crippen LogP contribution in [0.3, 0.4) is 0 Å². The van der Waals surface area contributed by atoms with Crippen molar-refractivity contribution in [2.45, 2.75) is 91.2 Å². The zero-order chi connectivity index (χ0) is 21.8. The van der Waals surface area contributed by atoms with E-state index in [1.165, 1.54) is 55.2 Å². The largest absolute Gasteiger partial charge is 0.239 e. The maximum Gasteiger partial charge on any atom is 0.136 e. The van der Waals surface area contributed by atoms with Gasteiger partial charge in [-0.3, -0.25) is 0 Å². The van der Waals surface area contributed by atoms with Crippen LogP contribution in [-0.4, -0.2) is 5.67 Å². The summed E-state index contributed by atoms with van der Waals surface area (Å²) in [6.07, 6.45) is 11.8.